The van der Waals surface area contributed by atoms with Crippen molar-refractivity contribution in [2.24, 2.45) is 0 Å². The molecule has 0 saturated carbocycles. The topological polar surface area (TPSA) is 55.8 Å². The van der Waals surface area contributed by atoms with Gasteiger partial charge in [-0.1, -0.05) is 0 Å². The molecule has 0 rings (SSSR count). The minimum atomic E-state index is -3.11. The highest BCUT2D eigenvalue weighted by Gasteiger charge is 2.18. The third-order valence-electron chi connectivity index (χ3n) is 1.17. The van der Waals surface area contributed by atoms with Crippen molar-refractivity contribution < 1.29 is 18.7 Å². The van der Waals surface area contributed by atoms with Crippen LogP contribution < -0.4 is 0 Å². The van der Waals surface area contributed by atoms with Crippen molar-refractivity contribution in [3.63, 3.8) is 0 Å². The second-order valence-corrected chi connectivity index (χ2v) is 4.35. The van der Waals surface area contributed by atoms with Gasteiger partial charge in [-0.25, -0.2) is 0 Å². The van der Waals surface area contributed by atoms with Crippen LogP contribution in [-0.4, -0.2) is 24.4 Å². The second kappa shape index (κ2) is 6.33. The first-order chi connectivity index (χ1) is 6.04. The predicted octanol–water partition coefficient (Wildman–Crippen LogP) is 2.15. The molecule has 0 aromatic carbocycles. The van der Waals surface area contributed by atoms with Gasteiger partial charge in [0.2, 0.25) is 0 Å². The Labute approximate surface area is 79.1 Å². The van der Waals surface area contributed by atoms with Crippen LogP contribution in [0.25, 0.3) is 0 Å². The van der Waals surface area contributed by atoms with Gasteiger partial charge < -0.3 is 14.2 Å². The zero-order chi connectivity index (χ0) is 10.3. The smallest absolute Gasteiger partial charge is 0.353 e. The molecule has 0 aliphatic heterocycles. The summed E-state index contributed by atoms with van der Waals surface area (Å²) in [5.41, 5.74) is 0. The maximum absolute atomic E-state index is 11.7. The Balaban J connectivity index is 4.31. The number of aliphatic hydroxyl groups excluding tert-OH is 1. The number of aliphatic hydroxyl groups is 1. The highest BCUT2D eigenvalue weighted by Crippen LogP contribution is 2.49. The molecule has 0 amide bonds. The van der Waals surface area contributed by atoms with Crippen LogP contribution in [0, 0.1) is 0 Å². The molecule has 0 aliphatic rings. The molecule has 1 N–H and O–H groups in total. The summed E-state index contributed by atoms with van der Waals surface area (Å²) in [5.74, 6) is 1.30. The minimum absolute atomic E-state index is 0.321. The molecule has 1 atom stereocenters. The van der Waals surface area contributed by atoms with Gasteiger partial charge in [-0.2, -0.15) is 0 Å². The Morgan fingerprint density at radius 1 is 1.38 bits per heavy atom. The molecule has 0 heterocycles. The second-order valence-electron chi connectivity index (χ2n) is 2.46. The van der Waals surface area contributed by atoms with Gasteiger partial charge >= 0.3 is 7.60 Å². The van der Waals surface area contributed by atoms with Crippen molar-refractivity contribution in [3.8, 4) is 0 Å². The lowest BCUT2D eigenvalue weighted by molar-refractivity contribution is 0.225. The molecule has 0 aliphatic carbocycles. The first-order valence-corrected chi connectivity index (χ1v) is 5.91. The maximum atomic E-state index is 11.7. The standard InChI is InChI=1S/C8H17O4P/c1-4-11-13(10,12-5-2)7-6-8(3)9/h6-9H,4-5H2,1-3H3/b7-6+. The molecular formula is C8H17O4P. The van der Waals surface area contributed by atoms with Gasteiger partial charge in [-0.05, 0) is 26.8 Å². The van der Waals surface area contributed by atoms with Gasteiger partial charge in [0.1, 0.15) is 0 Å². The van der Waals surface area contributed by atoms with Crippen molar-refractivity contribution in [3.05, 3.63) is 11.9 Å². The van der Waals surface area contributed by atoms with Crippen molar-refractivity contribution in [1.82, 2.24) is 0 Å². The third-order valence-corrected chi connectivity index (χ3v) is 2.94. The molecule has 0 radical (unpaired) electrons. The normalized spacial score (nSPS) is 15.1. The Hall–Kier alpha value is -0.150. The lowest BCUT2D eigenvalue weighted by atomic mass is 10.4. The van der Waals surface area contributed by atoms with Gasteiger partial charge in [0.15, 0.2) is 0 Å². The molecule has 0 spiro atoms. The molecule has 0 aromatic rings. The SMILES string of the molecule is CCOP(=O)(/C=C/C(C)O)OCC. The van der Waals surface area contributed by atoms with Crippen molar-refractivity contribution in [2.75, 3.05) is 13.2 Å². The third kappa shape index (κ3) is 5.99. The van der Waals surface area contributed by atoms with E-state index in [1.54, 1.807) is 20.8 Å². The van der Waals surface area contributed by atoms with Crippen LogP contribution in [0.1, 0.15) is 20.8 Å². The molecule has 0 aromatic heterocycles. The fourth-order valence-electron chi connectivity index (χ4n) is 0.713. The fraction of sp³-hybridized carbons (Fsp3) is 0.750. The molecular weight excluding hydrogens is 191 g/mol. The lowest BCUT2D eigenvalue weighted by Gasteiger charge is -2.12. The summed E-state index contributed by atoms with van der Waals surface area (Å²) in [4.78, 5) is 0. The van der Waals surface area contributed by atoms with E-state index < -0.39 is 13.7 Å². The van der Waals surface area contributed by atoms with E-state index in [0.717, 1.165) is 0 Å². The summed E-state index contributed by atoms with van der Waals surface area (Å²) in [5, 5.41) is 8.93. The highest BCUT2D eigenvalue weighted by molar-refractivity contribution is 7.57. The number of hydrogen-bond donors (Lipinski definition) is 1. The summed E-state index contributed by atoms with van der Waals surface area (Å²) in [6.45, 7) is 5.69. The van der Waals surface area contributed by atoms with E-state index in [2.05, 4.69) is 0 Å². The average molecular weight is 208 g/mol. The Kier molecular flexibility index (Phi) is 6.25. The van der Waals surface area contributed by atoms with E-state index in [4.69, 9.17) is 14.2 Å². The molecule has 0 fully saturated rings. The van der Waals surface area contributed by atoms with Gasteiger partial charge in [0.25, 0.3) is 0 Å². The number of rotatable bonds is 6. The van der Waals surface area contributed by atoms with Crippen LogP contribution in [0.3, 0.4) is 0 Å². The Morgan fingerprint density at radius 3 is 2.15 bits per heavy atom. The van der Waals surface area contributed by atoms with Gasteiger partial charge in [0.05, 0.1) is 19.3 Å². The highest BCUT2D eigenvalue weighted by atomic mass is 31.2. The molecule has 0 saturated heterocycles. The first kappa shape index (κ1) is 12.8. The quantitative estimate of drug-likeness (QED) is 0.679. The zero-order valence-corrected chi connectivity index (χ0v) is 9.16. The minimum Gasteiger partial charge on any atom is -0.389 e. The predicted molar refractivity (Wildman–Crippen MR) is 51.7 cm³/mol. The largest absolute Gasteiger partial charge is 0.389 e. The average Bonchev–Trinajstić information content (AvgIpc) is 2.02. The maximum Gasteiger partial charge on any atom is 0.353 e. The van der Waals surface area contributed by atoms with Gasteiger partial charge in [-0.3, -0.25) is 4.57 Å². The van der Waals surface area contributed by atoms with E-state index >= 15 is 0 Å². The van der Waals surface area contributed by atoms with Crippen LogP contribution in [0.15, 0.2) is 11.9 Å². The lowest BCUT2D eigenvalue weighted by Crippen LogP contribution is -1.96. The van der Waals surface area contributed by atoms with E-state index in [1.165, 1.54) is 11.9 Å². The summed E-state index contributed by atoms with van der Waals surface area (Å²) in [7, 11) is -3.11. The monoisotopic (exact) mass is 208 g/mol. The van der Waals surface area contributed by atoms with Gasteiger partial charge in [-0.15, -0.1) is 0 Å². The zero-order valence-electron chi connectivity index (χ0n) is 8.27. The summed E-state index contributed by atoms with van der Waals surface area (Å²) in [6, 6.07) is 0. The molecule has 4 nitrogen and oxygen atoms in total. The van der Waals surface area contributed by atoms with E-state index in [-0.39, 0.29) is 0 Å². The molecule has 1 unspecified atom stereocenters. The van der Waals surface area contributed by atoms with E-state index in [9.17, 15) is 4.57 Å². The molecule has 0 bridgehead atoms. The Morgan fingerprint density at radius 2 is 1.85 bits per heavy atom. The van der Waals surface area contributed by atoms with Gasteiger partial charge in [0, 0.05) is 5.82 Å². The van der Waals surface area contributed by atoms with E-state index in [1.807, 2.05) is 0 Å². The van der Waals surface area contributed by atoms with E-state index in [0.29, 0.717) is 13.2 Å². The molecule has 5 heteroatoms. The molecule has 13 heavy (non-hydrogen) atoms. The summed E-state index contributed by atoms with van der Waals surface area (Å²) >= 11 is 0. The summed E-state index contributed by atoms with van der Waals surface area (Å²) in [6.07, 6.45) is 0.751. The van der Waals surface area contributed by atoms with Crippen LogP contribution >= 0.6 is 7.60 Å². The Bertz CT molecular complexity index is 190. The van der Waals surface area contributed by atoms with Crippen LogP contribution in [0.4, 0.5) is 0 Å². The van der Waals surface area contributed by atoms with Crippen LogP contribution in [0.2, 0.25) is 0 Å². The van der Waals surface area contributed by atoms with Crippen LogP contribution in [0.5, 0.6) is 0 Å². The van der Waals surface area contributed by atoms with Crippen LogP contribution in [-0.2, 0) is 13.6 Å². The van der Waals surface area contributed by atoms with Crippen molar-refractivity contribution in [1.29, 1.82) is 0 Å². The van der Waals surface area contributed by atoms with Crippen molar-refractivity contribution in [2.45, 2.75) is 26.9 Å². The first-order valence-electron chi connectivity index (χ1n) is 4.30. The number of hydrogen-bond acceptors (Lipinski definition) is 4. The molecule has 78 valence electrons. The van der Waals surface area contributed by atoms with Crippen molar-refractivity contribution >= 4 is 7.60 Å². The summed E-state index contributed by atoms with van der Waals surface area (Å²) < 4.78 is 21.6. The fourth-order valence-corrected chi connectivity index (χ4v) is 2.14.